The van der Waals surface area contributed by atoms with Crippen molar-refractivity contribution in [2.24, 2.45) is 7.05 Å². The molecule has 148 valence electrons. The second-order valence-corrected chi connectivity index (χ2v) is 7.16. The van der Waals surface area contributed by atoms with Gasteiger partial charge in [0.1, 0.15) is 6.54 Å². The normalized spacial score (nSPS) is 14.6. The molecule has 1 aliphatic rings. The van der Waals surface area contributed by atoms with Gasteiger partial charge < -0.3 is 5.32 Å². The number of nitrogens with one attached hydrogen (secondary N) is 1. The number of pyridine rings is 1. The maximum atomic E-state index is 13.6. The molecule has 0 bridgehead atoms. The Kier molecular flexibility index (Phi) is 4.16. The van der Waals surface area contributed by atoms with Gasteiger partial charge in [-0.3, -0.25) is 9.48 Å². The second-order valence-electron chi connectivity index (χ2n) is 7.16. The van der Waals surface area contributed by atoms with Gasteiger partial charge in [0.05, 0.1) is 28.0 Å². The molecule has 0 aromatic carbocycles. The Morgan fingerprint density at radius 1 is 1.25 bits per heavy atom. The van der Waals surface area contributed by atoms with Crippen LogP contribution in [0.2, 0.25) is 0 Å². The van der Waals surface area contributed by atoms with Crippen molar-refractivity contribution in [1.82, 2.24) is 24.5 Å². The minimum atomic E-state index is -4.52. The highest BCUT2D eigenvalue weighted by Gasteiger charge is 2.37. The average Bonchev–Trinajstić information content (AvgIpc) is 3.33. The number of hydrogen-bond acceptors (Lipinski definition) is 4. The smallest absolute Gasteiger partial charge is 0.322 e. The molecule has 0 aliphatic heterocycles. The molecule has 0 radical (unpaired) electrons. The zero-order valence-electron chi connectivity index (χ0n) is 15.6. The number of carbonyl (C=O) groups is 1. The number of rotatable bonds is 4. The molecule has 3 heterocycles. The zero-order valence-corrected chi connectivity index (χ0v) is 15.6. The average molecular weight is 392 g/mol. The molecule has 3 aromatic rings. The van der Waals surface area contributed by atoms with Crippen LogP contribution in [0.5, 0.6) is 0 Å². The summed E-state index contributed by atoms with van der Waals surface area (Å²) in [6.07, 6.45) is -1.21. The van der Waals surface area contributed by atoms with E-state index in [0.29, 0.717) is 17.1 Å². The molecule has 7 nitrogen and oxygen atoms in total. The number of hydrogen-bond donors (Lipinski definition) is 1. The van der Waals surface area contributed by atoms with E-state index in [1.807, 2.05) is 0 Å². The predicted octanol–water partition coefficient (Wildman–Crippen LogP) is 3.32. The van der Waals surface area contributed by atoms with Crippen molar-refractivity contribution in [2.75, 3.05) is 5.32 Å². The molecule has 1 saturated carbocycles. The van der Waals surface area contributed by atoms with Gasteiger partial charge in [0.2, 0.25) is 5.91 Å². The zero-order chi connectivity index (χ0) is 20.2. The fourth-order valence-electron chi connectivity index (χ4n) is 3.34. The Hall–Kier alpha value is -2.91. The molecule has 4 rings (SSSR count). The minimum Gasteiger partial charge on any atom is -0.322 e. The van der Waals surface area contributed by atoms with Crippen molar-refractivity contribution >= 4 is 22.6 Å². The highest BCUT2D eigenvalue weighted by Crippen LogP contribution is 2.43. The summed E-state index contributed by atoms with van der Waals surface area (Å²) in [4.78, 5) is 16.9. The third-order valence-electron chi connectivity index (χ3n) is 4.78. The van der Waals surface area contributed by atoms with Gasteiger partial charge >= 0.3 is 6.18 Å². The minimum absolute atomic E-state index is 0.0426. The van der Waals surface area contributed by atoms with Gasteiger partial charge in [-0.2, -0.15) is 23.4 Å². The van der Waals surface area contributed by atoms with Crippen LogP contribution in [0.1, 0.15) is 41.4 Å². The van der Waals surface area contributed by atoms with Crippen LogP contribution in [0.4, 0.5) is 18.9 Å². The van der Waals surface area contributed by atoms with E-state index in [-0.39, 0.29) is 29.2 Å². The van der Waals surface area contributed by atoms with Gasteiger partial charge in [-0.05, 0) is 32.8 Å². The molecule has 1 amide bonds. The summed E-state index contributed by atoms with van der Waals surface area (Å²) in [5.74, 6) is -0.367. The van der Waals surface area contributed by atoms with Crippen LogP contribution in [0, 0.1) is 13.8 Å². The largest absolute Gasteiger partial charge is 0.417 e. The van der Waals surface area contributed by atoms with Crippen molar-refractivity contribution in [1.29, 1.82) is 0 Å². The summed E-state index contributed by atoms with van der Waals surface area (Å²) < 4.78 is 43.7. The van der Waals surface area contributed by atoms with E-state index in [1.54, 1.807) is 24.9 Å². The van der Waals surface area contributed by atoms with E-state index in [9.17, 15) is 18.0 Å². The third kappa shape index (κ3) is 3.34. The van der Waals surface area contributed by atoms with Crippen LogP contribution < -0.4 is 5.32 Å². The number of carbonyl (C=O) groups excluding carboxylic acids is 1. The van der Waals surface area contributed by atoms with Crippen LogP contribution in [-0.4, -0.2) is 30.5 Å². The van der Waals surface area contributed by atoms with E-state index < -0.39 is 17.6 Å². The SMILES string of the molecule is Cc1nn(C)cc1NC(=O)Cn1nc(C)c2c(C(F)(F)F)cc(C3CC3)nc21. The summed E-state index contributed by atoms with van der Waals surface area (Å²) in [7, 11) is 1.73. The molecule has 0 spiro atoms. The van der Waals surface area contributed by atoms with E-state index >= 15 is 0 Å². The Labute approximate surface area is 158 Å². The van der Waals surface area contributed by atoms with Crippen molar-refractivity contribution in [3.63, 3.8) is 0 Å². The van der Waals surface area contributed by atoms with E-state index in [1.165, 1.54) is 11.6 Å². The Morgan fingerprint density at radius 3 is 2.54 bits per heavy atom. The summed E-state index contributed by atoms with van der Waals surface area (Å²) >= 11 is 0. The standard InChI is InChI=1S/C18H19F3N6O/c1-9-14(7-26(3)24-9)22-15(28)8-27-17-16(10(2)25-27)12(18(19,20)21)6-13(23-17)11-4-5-11/h6-7,11H,4-5,8H2,1-3H3,(H,22,28). The quantitative estimate of drug-likeness (QED) is 0.739. The Morgan fingerprint density at radius 2 is 1.96 bits per heavy atom. The van der Waals surface area contributed by atoms with Gasteiger partial charge in [-0.1, -0.05) is 0 Å². The first-order chi connectivity index (χ1) is 13.1. The fourth-order valence-corrected chi connectivity index (χ4v) is 3.34. The lowest BCUT2D eigenvalue weighted by molar-refractivity contribution is -0.136. The first-order valence-electron chi connectivity index (χ1n) is 8.89. The summed E-state index contributed by atoms with van der Waals surface area (Å²) in [6, 6.07) is 1.12. The summed E-state index contributed by atoms with van der Waals surface area (Å²) in [6.45, 7) is 3.01. The molecule has 1 fully saturated rings. The molecule has 0 atom stereocenters. The van der Waals surface area contributed by atoms with Crippen LogP contribution >= 0.6 is 0 Å². The number of anilines is 1. The van der Waals surface area contributed by atoms with E-state index in [4.69, 9.17) is 0 Å². The maximum Gasteiger partial charge on any atom is 0.417 e. The second kappa shape index (κ2) is 6.32. The fraction of sp³-hybridized carbons (Fsp3) is 0.444. The highest BCUT2D eigenvalue weighted by atomic mass is 19.4. The molecular formula is C18H19F3N6O. The first-order valence-corrected chi connectivity index (χ1v) is 8.89. The number of nitrogens with zero attached hydrogens (tertiary/aromatic N) is 5. The maximum absolute atomic E-state index is 13.6. The molecule has 10 heteroatoms. The Bertz CT molecular complexity index is 1080. The molecule has 3 aromatic heterocycles. The van der Waals surface area contributed by atoms with E-state index in [2.05, 4.69) is 20.5 Å². The lowest BCUT2D eigenvalue weighted by Gasteiger charge is -2.11. The number of aromatic nitrogens is 5. The van der Waals surface area contributed by atoms with Crippen LogP contribution in [0.3, 0.4) is 0 Å². The van der Waals surface area contributed by atoms with Crippen LogP contribution in [0.25, 0.3) is 11.0 Å². The molecule has 0 unspecified atom stereocenters. The van der Waals surface area contributed by atoms with E-state index in [0.717, 1.165) is 18.9 Å². The van der Waals surface area contributed by atoms with Crippen molar-refractivity contribution in [3.05, 3.63) is 34.9 Å². The van der Waals surface area contributed by atoms with Gasteiger partial charge in [-0.25, -0.2) is 9.67 Å². The molecule has 28 heavy (non-hydrogen) atoms. The third-order valence-corrected chi connectivity index (χ3v) is 4.78. The number of halogens is 3. The van der Waals surface area contributed by atoms with Crippen molar-refractivity contribution in [3.8, 4) is 0 Å². The Balaban J connectivity index is 1.72. The number of amides is 1. The van der Waals surface area contributed by atoms with Gasteiger partial charge in [0.15, 0.2) is 5.65 Å². The van der Waals surface area contributed by atoms with Crippen LogP contribution in [0.15, 0.2) is 12.3 Å². The van der Waals surface area contributed by atoms with Crippen molar-refractivity contribution in [2.45, 2.75) is 45.3 Å². The highest BCUT2D eigenvalue weighted by molar-refractivity contribution is 5.92. The summed E-state index contributed by atoms with van der Waals surface area (Å²) in [5, 5.41) is 11.0. The topological polar surface area (TPSA) is 77.6 Å². The number of fused-ring (bicyclic) bond motifs is 1. The molecule has 1 aliphatic carbocycles. The predicted molar refractivity (Wildman–Crippen MR) is 95.8 cm³/mol. The molecule has 1 N–H and O–H groups in total. The van der Waals surface area contributed by atoms with Gasteiger partial charge in [0.25, 0.3) is 0 Å². The molecular weight excluding hydrogens is 373 g/mol. The molecule has 0 saturated heterocycles. The van der Waals surface area contributed by atoms with Crippen molar-refractivity contribution < 1.29 is 18.0 Å². The number of aryl methyl sites for hydroxylation is 3. The first kappa shape index (κ1) is 18.5. The monoisotopic (exact) mass is 392 g/mol. The van der Waals surface area contributed by atoms with Gasteiger partial charge in [-0.15, -0.1) is 0 Å². The lowest BCUT2D eigenvalue weighted by atomic mass is 10.1. The van der Waals surface area contributed by atoms with Gasteiger partial charge in [0, 0.05) is 24.9 Å². The number of alkyl halides is 3. The summed E-state index contributed by atoms with van der Waals surface area (Å²) in [5.41, 5.74) is 1.14. The lowest BCUT2D eigenvalue weighted by Crippen LogP contribution is -2.20. The van der Waals surface area contributed by atoms with Crippen LogP contribution in [-0.2, 0) is 24.6 Å².